The topological polar surface area (TPSA) is 74.7 Å². The number of pyridine rings is 1. The number of aryl methyl sites for hydroxylation is 1. The van der Waals surface area contributed by atoms with Gasteiger partial charge in [0, 0.05) is 68.3 Å². The molecule has 222 valence electrons. The Labute approximate surface area is 257 Å². The highest BCUT2D eigenvalue weighted by Gasteiger charge is 2.31. The summed E-state index contributed by atoms with van der Waals surface area (Å²) in [7, 11) is 2.16. The van der Waals surface area contributed by atoms with E-state index in [2.05, 4.69) is 70.4 Å². The number of piperazine rings is 1. The molecule has 0 bridgehead atoms. The van der Waals surface area contributed by atoms with E-state index in [-0.39, 0.29) is 11.8 Å². The molecule has 4 aromatic rings. The maximum atomic E-state index is 13.0. The molecule has 9 heteroatoms. The summed E-state index contributed by atoms with van der Waals surface area (Å²) >= 11 is 1.57. The zero-order valence-electron chi connectivity index (χ0n) is 25.3. The Morgan fingerprint density at radius 1 is 1.02 bits per heavy atom. The molecule has 0 aliphatic carbocycles. The Hall–Kier alpha value is -4.08. The number of rotatable bonds is 8. The van der Waals surface area contributed by atoms with Gasteiger partial charge in [-0.1, -0.05) is 41.2 Å². The summed E-state index contributed by atoms with van der Waals surface area (Å²) in [5, 5.41) is 10.2. The molecule has 0 N–H and O–H groups in total. The van der Waals surface area contributed by atoms with Gasteiger partial charge in [0.2, 0.25) is 5.91 Å². The molecule has 2 aliphatic rings. The maximum Gasteiger partial charge on any atom is 0.223 e. The van der Waals surface area contributed by atoms with Gasteiger partial charge in [-0.05, 0) is 70.3 Å². The summed E-state index contributed by atoms with van der Waals surface area (Å²) in [4.78, 5) is 24.7. The Bertz CT molecular complexity index is 1620. The first-order chi connectivity index (χ1) is 20.9. The summed E-state index contributed by atoms with van der Waals surface area (Å²) in [5.41, 5.74) is 5.11. The molecule has 2 aromatic heterocycles. The number of carbonyl (C=O) groups is 1. The molecule has 0 spiro atoms. The lowest BCUT2D eigenvalue weighted by atomic mass is 10.00. The van der Waals surface area contributed by atoms with E-state index in [1.165, 1.54) is 5.57 Å². The normalized spacial score (nSPS) is 18.0. The molecule has 8 nitrogen and oxygen atoms in total. The van der Waals surface area contributed by atoms with Gasteiger partial charge < -0.3 is 19.4 Å². The van der Waals surface area contributed by atoms with Crippen LogP contribution in [-0.4, -0.2) is 70.7 Å². The summed E-state index contributed by atoms with van der Waals surface area (Å²) < 4.78 is 6.54. The number of hydrogen-bond donors (Lipinski definition) is 0. The van der Waals surface area contributed by atoms with E-state index < -0.39 is 0 Å². The smallest absolute Gasteiger partial charge is 0.223 e. The first-order valence-electron chi connectivity index (χ1n) is 14.9. The van der Waals surface area contributed by atoms with E-state index in [9.17, 15) is 4.79 Å². The first kappa shape index (κ1) is 29.0. The van der Waals surface area contributed by atoms with Crippen molar-refractivity contribution in [2.75, 3.05) is 44.7 Å². The average molecular weight is 595 g/mol. The fraction of sp³-hybridized carbons (Fsp3) is 0.353. The zero-order chi connectivity index (χ0) is 29.9. The van der Waals surface area contributed by atoms with Crippen LogP contribution < -0.4 is 9.64 Å². The number of hydrogen-bond acceptors (Lipinski definition) is 8. The number of likely N-dealkylation sites (N-methyl/N-ethyl adjacent to an activating group) is 1. The van der Waals surface area contributed by atoms with Gasteiger partial charge >= 0.3 is 0 Å². The number of nitrogens with zero attached hydrogens (tertiary/aromatic N) is 6. The van der Waals surface area contributed by atoms with Crippen LogP contribution in [0.15, 0.2) is 72.3 Å². The van der Waals surface area contributed by atoms with Crippen LogP contribution in [0.3, 0.4) is 0 Å². The van der Waals surface area contributed by atoms with Crippen molar-refractivity contribution >= 4 is 23.1 Å². The number of likely N-dealkylation sites (tertiary alicyclic amines) is 1. The van der Waals surface area contributed by atoms with E-state index >= 15 is 0 Å². The Morgan fingerprint density at radius 2 is 1.79 bits per heavy atom. The minimum absolute atomic E-state index is 0.180. The van der Waals surface area contributed by atoms with Crippen molar-refractivity contribution in [2.45, 2.75) is 33.7 Å². The fourth-order valence-electron chi connectivity index (χ4n) is 5.61. The van der Waals surface area contributed by atoms with Crippen LogP contribution in [0.25, 0.3) is 21.8 Å². The number of aromatic nitrogens is 3. The highest BCUT2D eigenvalue weighted by molar-refractivity contribution is 7.14. The highest BCUT2D eigenvalue weighted by Crippen LogP contribution is 2.35. The average Bonchev–Trinajstić information content (AvgIpc) is 3.63. The molecule has 0 saturated carbocycles. The van der Waals surface area contributed by atoms with Gasteiger partial charge in [0.15, 0.2) is 0 Å². The van der Waals surface area contributed by atoms with Crippen molar-refractivity contribution in [2.24, 2.45) is 5.92 Å². The lowest BCUT2D eigenvalue weighted by Gasteiger charge is -2.33. The van der Waals surface area contributed by atoms with Crippen molar-refractivity contribution in [1.29, 1.82) is 0 Å². The van der Waals surface area contributed by atoms with E-state index in [1.807, 2.05) is 49.1 Å². The fourth-order valence-corrected chi connectivity index (χ4v) is 6.31. The molecule has 0 radical (unpaired) electrons. The SMILES string of the molecule is C/C=C(\C)[C@@H]1CC(=O)N(Cc2ccc(-c3cccc(N4CCN(C)CC4)n3)cc2Oc2ccc(-c3nnc(C)s3)cc2)C1. The van der Waals surface area contributed by atoms with Crippen LogP contribution in [0.4, 0.5) is 5.82 Å². The van der Waals surface area contributed by atoms with Crippen LogP contribution in [0.1, 0.15) is 30.8 Å². The lowest BCUT2D eigenvalue weighted by Crippen LogP contribution is -2.44. The third kappa shape index (κ3) is 6.63. The number of anilines is 1. The van der Waals surface area contributed by atoms with Crippen molar-refractivity contribution in [3.63, 3.8) is 0 Å². The van der Waals surface area contributed by atoms with Gasteiger partial charge in [-0.15, -0.1) is 10.2 Å². The third-order valence-electron chi connectivity index (χ3n) is 8.45. The molecule has 6 rings (SSSR count). The van der Waals surface area contributed by atoms with Crippen LogP contribution in [-0.2, 0) is 11.3 Å². The van der Waals surface area contributed by atoms with Crippen LogP contribution in [0.2, 0.25) is 0 Å². The molecule has 2 fully saturated rings. The van der Waals surface area contributed by atoms with Crippen LogP contribution in [0, 0.1) is 12.8 Å². The summed E-state index contributed by atoms with van der Waals surface area (Å²) in [6.07, 6.45) is 2.67. The van der Waals surface area contributed by atoms with E-state index in [0.29, 0.717) is 13.0 Å². The second kappa shape index (κ2) is 12.7. The molecule has 2 aromatic carbocycles. The number of carbonyl (C=O) groups excluding carboxylic acids is 1. The number of ether oxygens (including phenoxy) is 1. The van der Waals surface area contributed by atoms with Gasteiger partial charge in [0.1, 0.15) is 27.3 Å². The Kier molecular flexibility index (Phi) is 8.54. The van der Waals surface area contributed by atoms with Crippen LogP contribution in [0.5, 0.6) is 11.5 Å². The number of benzene rings is 2. The molecular weight excluding hydrogens is 556 g/mol. The Balaban J connectivity index is 1.29. The molecule has 1 amide bonds. The molecule has 1 atom stereocenters. The minimum Gasteiger partial charge on any atom is -0.457 e. The predicted octanol–water partition coefficient (Wildman–Crippen LogP) is 6.43. The van der Waals surface area contributed by atoms with Crippen molar-refractivity contribution in [3.05, 3.63) is 82.9 Å². The predicted molar refractivity (Wildman–Crippen MR) is 172 cm³/mol. The van der Waals surface area contributed by atoms with Crippen molar-refractivity contribution in [3.8, 4) is 33.3 Å². The molecule has 4 heterocycles. The monoisotopic (exact) mass is 594 g/mol. The first-order valence-corrected chi connectivity index (χ1v) is 15.7. The molecule has 0 unspecified atom stereocenters. The van der Waals surface area contributed by atoms with Gasteiger partial charge in [-0.3, -0.25) is 4.79 Å². The summed E-state index contributed by atoms with van der Waals surface area (Å²) in [6.45, 7) is 11.3. The second-order valence-electron chi connectivity index (χ2n) is 11.5. The largest absolute Gasteiger partial charge is 0.457 e. The van der Waals surface area contributed by atoms with Crippen molar-refractivity contribution in [1.82, 2.24) is 25.0 Å². The van der Waals surface area contributed by atoms with Gasteiger partial charge in [0.25, 0.3) is 0 Å². The Morgan fingerprint density at radius 3 is 2.51 bits per heavy atom. The highest BCUT2D eigenvalue weighted by atomic mass is 32.1. The molecule has 43 heavy (non-hydrogen) atoms. The number of allylic oxidation sites excluding steroid dienone is 1. The molecule has 2 aliphatic heterocycles. The summed E-state index contributed by atoms with van der Waals surface area (Å²) in [5.74, 6) is 2.88. The minimum atomic E-state index is 0.180. The van der Waals surface area contributed by atoms with Gasteiger partial charge in [-0.25, -0.2) is 4.98 Å². The van der Waals surface area contributed by atoms with E-state index in [4.69, 9.17) is 9.72 Å². The van der Waals surface area contributed by atoms with Gasteiger partial charge in [-0.2, -0.15) is 0 Å². The second-order valence-corrected chi connectivity index (χ2v) is 12.6. The van der Waals surface area contributed by atoms with Crippen LogP contribution >= 0.6 is 11.3 Å². The van der Waals surface area contributed by atoms with Crippen molar-refractivity contribution < 1.29 is 9.53 Å². The van der Waals surface area contributed by atoms with E-state index in [1.54, 1.807) is 11.3 Å². The quantitative estimate of drug-likeness (QED) is 0.218. The lowest BCUT2D eigenvalue weighted by molar-refractivity contribution is -0.128. The maximum absolute atomic E-state index is 13.0. The zero-order valence-corrected chi connectivity index (χ0v) is 26.1. The number of amides is 1. The van der Waals surface area contributed by atoms with Gasteiger partial charge in [0.05, 0.1) is 5.69 Å². The molecular formula is C34H38N6O2S. The van der Waals surface area contributed by atoms with E-state index in [0.717, 1.165) is 82.4 Å². The molecule has 2 saturated heterocycles. The third-order valence-corrected chi connectivity index (χ3v) is 9.34. The standard InChI is InChI=1S/C34H38N6O2S/c1-5-23(2)28-20-33(41)40(22-28)21-27-10-9-26(30-7-6-8-32(35-30)39-17-15-38(4)16-18-39)19-31(27)42-29-13-11-25(12-14-29)34-37-36-24(3)43-34/h5-14,19,28H,15-18,20-22H2,1-4H3/b23-5+/t28-/m1/s1. The summed E-state index contributed by atoms with van der Waals surface area (Å²) in [6, 6.07) is 20.4.